The average molecular weight is 478 g/mol. The van der Waals surface area contributed by atoms with E-state index in [9.17, 15) is 16.8 Å². The van der Waals surface area contributed by atoms with Gasteiger partial charge in [-0.1, -0.05) is 0 Å². The van der Waals surface area contributed by atoms with E-state index in [0.29, 0.717) is 0 Å². The van der Waals surface area contributed by atoms with E-state index >= 15 is 0 Å². The first-order valence-corrected chi connectivity index (χ1v) is 11.2. The Bertz CT molecular complexity index is 1010. The molecule has 172 valence electrons. The smallest absolute Gasteiger partial charge is 0.319 e. The minimum absolute atomic E-state index is 0.217. The SMILES string of the molecule is COc1cc(OC)c(S(=O)(=O)OS(=O)(=O)c2c(OC)cc(OC)cc2OC)c(OC)c1. The topological polar surface area (TPSA) is 133 Å². The highest BCUT2D eigenvalue weighted by atomic mass is 32.3. The van der Waals surface area contributed by atoms with Gasteiger partial charge in [0.05, 0.1) is 42.7 Å². The van der Waals surface area contributed by atoms with Gasteiger partial charge >= 0.3 is 20.2 Å². The minimum Gasteiger partial charge on any atom is -0.496 e. The third kappa shape index (κ3) is 4.89. The molecule has 2 aromatic carbocycles. The van der Waals surface area contributed by atoms with Crippen LogP contribution in [-0.2, 0) is 23.9 Å². The summed E-state index contributed by atoms with van der Waals surface area (Å²) in [6, 6.07) is 4.94. The third-order valence-corrected chi connectivity index (χ3v) is 7.26. The van der Waals surface area contributed by atoms with E-state index in [4.69, 9.17) is 28.4 Å². The van der Waals surface area contributed by atoms with Crippen molar-refractivity contribution >= 4 is 20.2 Å². The summed E-state index contributed by atoms with van der Waals surface area (Å²) in [7, 11) is -2.48. The lowest BCUT2D eigenvalue weighted by Gasteiger charge is -2.17. The summed E-state index contributed by atoms with van der Waals surface area (Å²) in [4.78, 5) is -1.29. The Morgan fingerprint density at radius 3 is 0.935 bits per heavy atom. The zero-order valence-corrected chi connectivity index (χ0v) is 19.2. The number of ether oxygens (including phenoxy) is 6. The molecular weight excluding hydrogens is 456 g/mol. The van der Waals surface area contributed by atoms with E-state index < -0.39 is 30.0 Å². The normalized spacial score (nSPS) is 11.5. The lowest BCUT2D eigenvalue weighted by molar-refractivity contribution is 0.351. The molecule has 0 unspecified atom stereocenters. The summed E-state index contributed by atoms with van der Waals surface area (Å²) in [6.07, 6.45) is 0. The maximum atomic E-state index is 13.0. The summed E-state index contributed by atoms with van der Waals surface area (Å²) in [6.45, 7) is 0. The predicted molar refractivity (Wildman–Crippen MR) is 108 cm³/mol. The Balaban J connectivity index is 2.69. The van der Waals surface area contributed by atoms with Crippen molar-refractivity contribution in [1.82, 2.24) is 0 Å². The molecule has 0 aliphatic carbocycles. The summed E-state index contributed by atoms with van der Waals surface area (Å²) in [5, 5.41) is 0. The van der Waals surface area contributed by atoms with Crippen molar-refractivity contribution < 1.29 is 48.9 Å². The van der Waals surface area contributed by atoms with Crippen LogP contribution in [0.15, 0.2) is 34.1 Å². The van der Waals surface area contributed by atoms with Crippen LogP contribution < -0.4 is 28.4 Å². The van der Waals surface area contributed by atoms with Gasteiger partial charge in [-0.2, -0.15) is 16.8 Å². The molecule has 0 saturated heterocycles. The van der Waals surface area contributed by atoms with Crippen molar-refractivity contribution in [3.8, 4) is 34.5 Å². The summed E-state index contributed by atoms with van der Waals surface area (Å²) in [5.74, 6) is -0.566. The molecule has 31 heavy (non-hydrogen) atoms. The Morgan fingerprint density at radius 2 is 0.742 bits per heavy atom. The fourth-order valence-corrected chi connectivity index (χ4v) is 5.67. The Labute approximate surface area is 180 Å². The first-order valence-electron chi connectivity index (χ1n) is 8.39. The van der Waals surface area contributed by atoms with Crippen molar-refractivity contribution in [2.24, 2.45) is 0 Å². The second-order valence-corrected chi connectivity index (χ2v) is 8.88. The Hall–Kier alpha value is -2.90. The second-order valence-electron chi connectivity index (χ2n) is 5.70. The fourth-order valence-electron chi connectivity index (χ4n) is 2.63. The molecule has 0 aliphatic heterocycles. The largest absolute Gasteiger partial charge is 0.496 e. The molecule has 0 aromatic heterocycles. The molecule has 0 bridgehead atoms. The van der Waals surface area contributed by atoms with Crippen LogP contribution >= 0.6 is 0 Å². The highest BCUT2D eigenvalue weighted by Crippen LogP contribution is 2.42. The highest BCUT2D eigenvalue weighted by Gasteiger charge is 2.37. The molecule has 0 saturated carbocycles. The average Bonchev–Trinajstić information content (AvgIpc) is 2.75. The predicted octanol–water partition coefficient (Wildman–Crippen LogP) is 1.83. The zero-order chi connectivity index (χ0) is 23.4. The summed E-state index contributed by atoms with van der Waals surface area (Å²) >= 11 is 0. The molecule has 0 fully saturated rings. The number of rotatable bonds is 10. The van der Waals surface area contributed by atoms with Crippen molar-refractivity contribution in [1.29, 1.82) is 0 Å². The zero-order valence-electron chi connectivity index (χ0n) is 17.6. The molecule has 0 heterocycles. The second kappa shape index (κ2) is 9.49. The first kappa shape index (κ1) is 24.4. The quantitative estimate of drug-likeness (QED) is 0.495. The Morgan fingerprint density at radius 1 is 0.484 bits per heavy atom. The maximum Gasteiger partial charge on any atom is 0.319 e. The highest BCUT2D eigenvalue weighted by molar-refractivity contribution is 8.00. The standard InChI is InChI=1S/C18H22O11S2/c1-23-11-7-13(25-3)17(14(8-11)26-4)30(19,20)29-31(21,22)18-15(27-5)9-12(24-2)10-16(18)28-6/h7-10H,1-6H3. The van der Waals surface area contributed by atoms with E-state index in [-0.39, 0.29) is 34.5 Å². The molecule has 11 nitrogen and oxygen atoms in total. The molecule has 2 rings (SSSR count). The molecule has 0 radical (unpaired) electrons. The van der Waals surface area contributed by atoms with Crippen LogP contribution in [0.3, 0.4) is 0 Å². The van der Waals surface area contributed by atoms with Crippen LogP contribution in [0.4, 0.5) is 0 Å². The molecule has 0 spiro atoms. The number of hydrogen-bond acceptors (Lipinski definition) is 11. The molecule has 0 atom stereocenters. The van der Waals surface area contributed by atoms with Gasteiger partial charge in [0.25, 0.3) is 0 Å². The van der Waals surface area contributed by atoms with Crippen LogP contribution in [-0.4, -0.2) is 59.5 Å². The molecule has 0 aliphatic rings. The maximum absolute atomic E-state index is 13.0. The Kier molecular flexibility index (Phi) is 7.46. The monoisotopic (exact) mass is 478 g/mol. The lowest BCUT2D eigenvalue weighted by atomic mass is 10.3. The first-order chi connectivity index (χ1) is 14.6. The van der Waals surface area contributed by atoms with Gasteiger partial charge in [0.15, 0.2) is 9.79 Å². The van der Waals surface area contributed by atoms with Crippen molar-refractivity contribution in [2.75, 3.05) is 42.7 Å². The van der Waals surface area contributed by atoms with Crippen molar-refractivity contribution in [3.05, 3.63) is 24.3 Å². The molecule has 0 N–H and O–H groups in total. The van der Waals surface area contributed by atoms with Gasteiger partial charge in [0, 0.05) is 24.3 Å². The van der Waals surface area contributed by atoms with E-state index in [0.717, 1.165) is 0 Å². The third-order valence-electron chi connectivity index (χ3n) is 4.02. The summed E-state index contributed by atoms with van der Waals surface area (Å²) < 4.78 is 87.1. The van der Waals surface area contributed by atoms with E-state index in [1.807, 2.05) is 0 Å². The van der Waals surface area contributed by atoms with Crippen LogP contribution in [0.1, 0.15) is 0 Å². The van der Waals surface area contributed by atoms with Crippen LogP contribution in [0.2, 0.25) is 0 Å². The van der Waals surface area contributed by atoms with Crippen LogP contribution in [0, 0.1) is 0 Å². The van der Waals surface area contributed by atoms with Gasteiger partial charge in [-0.15, -0.1) is 3.63 Å². The van der Waals surface area contributed by atoms with Gasteiger partial charge in [-0.25, -0.2) is 0 Å². The van der Waals surface area contributed by atoms with Crippen LogP contribution in [0.5, 0.6) is 34.5 Å². The minimum atomic E-state index is -4.98. The molecule has 0 amide bonds. The molecular formula is C18H22O11S2. The van der Waals surface area contributed by atoms with Gasteiger partial charge in [0.1, 0.15) is 34.5 Å². The number of benzene rings is 2. The van der Waals surface area contributed by atoms with E-state index in [1.54, 1.807) is 0 Å². The molecule has 13 heteroatoms. The van der Waals surface area contributed by atoms with Crippen LogP contribution in [0.25, 0.3) is 0 Å². The van der Waals surface area contributed by atoms with Gasteiger partial charge in [-0.3, -0.25) is 0 Å². The van der Waals surface area contributed by atoms with Gasteiger partial charge in [-0.05, 0) is 0 Å². The van der Waals surface area contributed by atoms with Gasteiger partial charge in [0.2, 0.25) is 0 Å². The van der Waals surface area contributed by atoms with Gasteiger partial charge < -0.3 is 28.4 Å². The van der Waals surface area contributed by atoms with Crippen molar-refractivity contribution in [3.63, 3.8) is 0 Å². The number of hydrogen-bond donors (Lipinski definition) is 0. The fraction of sp³-hybridized carbons (Fsp3) is 0.333. The summed E-state index contributed by atoms with van der Waals surface area (Å²) in [5.41, 5.74) is 0. The molecule has 2 aromatic rings. The van der Waals surface area contributed by atoms with Crippen molar-refractivity contribution in [2.45, 2.75) is 9.79 Å². The number of methoxy groups -OCH3 is 6. The van der Waals surface area contributed by atoms with E-state index in [2.05, 4.69) is 3.63 Å². The van der Waals surface area contributed by atoms with E-state index in [1.165, 1.54) is 66.9 Å². The lowest BCUT2D eigenvalue weighted by Crippen LogP contribution is -2.17.